The second kappa shape index (κ2) is 5.20. The lowest BCUT2D eigenvalue weighted by Gasteiger charge is -2.17. The van der Waals surface area contributed by atoms with Crippen molar-refractivity contribution in [3.8, 4) is 0 Å². The minimum absolute atomic E-state index is 0.0359. The van der Waals surface area contributed by atoms with Crippen LogP contribution in [0.25, 0.3) is 0 Å². The largest absolute Gasteiger partial charge is 0.289 e. The zero-order valence-electron chi connectivity index (χ0n) is 12.6. The number of benzene rings is 2. The van der Waals surface area contributed by atoms with Crippen molar-refractivity contribution in [3.05, 3.63) is 69.0 Å². The third-order valence-electron chi connectivity index (χ3n) is 4.33. The first-order chi connectivity index (χ1) is 9.34. The molecule has 0 bridgehead atoms. The van der Waals surface area contributed by atoms with E-state index < -0.39 is 0 Å². The van der Waals surface area contributed by atoms with Crippen LogP contribution in [-0.2, 0) is 0 Å². The molecular formula is C18H19FO. The van der Waals surface area contributed by atoms with Gasteiger partial charge in [0.2, 0.25) is 0 Å². The number of hydrogen-bond acceptors (Lipinski definition) is 1. The van der Waals surface area contributed by atoms with E-state index in [1.807, 2.05) is 27.7 Å². The van der Waals surface area contributed by atoms with E-state index >= 15 is 0 Å². The molecule has 20 heavy (non-hydrogen) atoms. The minimum atomic E-state index is -0.328. The zero-order valence-corrected chi connectivity index (χ0v) is 12.6. The molecule has 0 N–H and O–H groups in total. The second-order valence-electron chi connectivity index (χ2n) is 5.34. The van der Waals surface area contributed by atoms with Gasteiger partial charge in [-0.1, -0.05) is 0 Å². The molecule has 0 atom stereocenters. The van der Waals surface area contributed by atoms with Gasteiger partial charge in [-0.3, -0.25) is 4.79 Å². The Bertz CT molecular complexity index is 653. The average Bonchev–Trinajstić information content (AvgIpc) is 2.44. The first-order valence-corrected chi connectivity index (χ1v) is 6.71. The summed E-state index contributed by atoms with van der Waals surface area (Å²) in [5.74, 6) is -0.363. The molecule has 0 aliphatic rings. The normalized spacial score (nSPS) is 10.7. The molecule has 0 unspecified atom stereocenters. The van der Waals surface area contributed by atoms with Crippen LogP contribution in [0.1, 0.15) is 43.7 Å². The summed E-state index contributed by atoms with van der Waals surface area (Å²) >= 11 is 0. The van der Waals surface area contributed by atoms with Crippen molar-refractivity contribution < 1.29 is 9.18 Å². The molecule has 0 radical (unpaired) electrons. The van der Waals surface area contributed by atoms with Crippen LogP contribution in [0.3, 0.4) is 0 Å². The van der Waals surface area contributed by atoms with Crippen molar-refractivity contribution in [1.29, 1.82) is 0 Å². The Morgan fingerprint density at radius 1 is 0.750 bits per heavy atom. The highest BCUT2D eigenvalue weighted by Crippen LogP contribution is 2.28. The van der Waals surface area contributed by atoms with Crippen LogP contribution >= 0.6 is 0 Å². The van der Waals surface area contributed by atoms with Crippen LogP contribution in [0.5, 0.6) is 0 Å². The van der Waals surface area contributed by atoms with Crippen LogP contribution in [0.2, 0.25) is 0 Å². The van der Waals surface area contributed by atoms with Gasteiger partial charge in [0.15, 0.2) is 5.78 Å². The molecule has 2 aromatic carbocycles. The van der Waals surface area contributed by atoms with Gasteiger partial charge in [-0.2, -0.15) is 0 Å². The van der Waals surface area contributed by atoms with Crippen molar-refractivity contribution in [3.63, 3.8) is 0 Å². The maximum Gasteiger partial charge on any atom is 0.193 e. The number of rotatable bonds is 2. The fourth-order valence-electron chi connectivity index (χ4n) is 2.59. The highest BCUT2D eigenvalue weighted by Gasteiger charge is 2.19. The SMILES string of the molecule is Cc1c(C)c(C)c(C(=O)c2ccc(F)cc2)c(C)c1C. The fourth-order valence-corrected chi connectivity index (χ4v) is 2.59. The summed E-state index contributed by atoms with van der Waals surface area (Å²) < 4.78 is 13.0. The predicted octanol–water partition coefficient (Wildman–Crippen LogP) is 4.60. The lowest BCUT2D eigenvalue weighted by atomic mass is 9.86. The van der Waals surface area contributed by atoms with Crippen molar-refractivity contribution in [1.82, 2.24) is 0 Å². The molecule has 0 heterocycles. The van der Waals surface area contributed by atoms with Crippen molar-refractivity contribution in [2.45, 2.75) is 34.6 Å². The van der Waals surface area contributed by atoms with Gasteiger partial charge >= 0.3 is 0 Å². The Hall–Kier alpha value is -1.96. The van der Waals surface area contributed by atoms with Gasteiger partial charge in [0, 0.05) is 11.1 Å². The highest BCUT2D eigenvalue weighted by atomic mass is 19.1. The van der Waals surface area contributed by atoms with E-state index in [0.717, 1.165) is 27.8 Å². The van der Waals surface area contributed by atoms with Crippen molar-refractivity contribution in [2.75, 3.05) is 0 Å². The molecule has 0 fully saturated rings. The van der Waals surface area contributed by atoms with E-state index in [4.69, 9.17) is 0 Å². The van der Waals surface area contributed by atoms with E-state index in [1.54, 1.807) is 12.1 Å². The molecule has 2 rings (SSSR count). The molecule has 0 amide bonds. The highest BCUT2D eigenvalue weighted by molar-refractivity contribution is 6.11. The van der Waals surface area contributed by atoms with E-state index in [1.165, 1.54) is 17.7 Å². The molecule has 0 saturated heterocycles. The molecule has 104 valence electrons. The average molecular weight is 270 g/mol. The number of carbonyl (C=O) groups is 1. The Morgan fingerprint density at radius 2 is 1.15 bits per heavy atom. The van der Waals surface area contributed by atoms with Crippen LogP contribution in [0.4, 0.5) is 4.39 Å². The van der Waals surface area contributed by atoms with Gasteiger partial charge in [-0.25, -0.2) is 4.39 Å². The molecule has 0 saturated carbocycles. The zero-order chi connectivity index (χ0) is 15.0. The first kappa shape index (κ1) is 14.4. The summed E-state index contributed by atoms with van der Waals surface area (Å²) in [5, 5.41) is 0. The molecule has 2 heteroatoms. The molecule has 0 aliphatic heterocycles. The Kier molecular flexibility index (Phi) is 3.76. The molecule has 2 aromatic rings. The van der Waals surface area contributed by atoms with Crippen LogP contribution in [0, 0.1) is 40.4 Å². The van der Waals surface area contributed by atoms with Gasteiger partial charge in [-0.05, 0) is 86.7 Å². The number of halogens is 1. The minimum Gasteiger partial charge on any atom is -0.289 e. The third kappa shape index (κ3) is 2.26. The number of hydrogen-bond donors (Lipinski definition) is 0. The summed E-state index contributed by atoms with van der Waals surface area (Å²) in [6.45, 7) is 10.1. The Morgan fingerprint density at radius 3 is 1.60 bits per heavy atom. The lowest BCUT2D eigenvalue weighted by molar-refractivity contribution is 0.103. The van der Waals surface area contributed by atoms with Crippen LogP contribution in [0.15, 0.2) is 24.3 Å². The number of carbonyl (C=O) groups excluding carboxylic acids is 1. The smallest absolute Gasteiger partial charge is 0.193 e. The summed E-state index contributed by atoms with van der Waals surface area (Å²) in [6.07, 6.45) is 0. The molecule has 0 aliphatic carbocycles. The van der Waals surface area contributed by atoms with Gasteiger partial charge in [-0.15, -0.1) is 0 Å². The topological polar surface area (TPSA) is 17.1 Å². The van der Waals surface area contributed by atoms with Gasteiger partial charge in [0.05, 0.1) is 0 Å². The predicted molar refractivity (Wildman–Crippen MR) is 80.0 cm³/mol. The first-order valence-electron chi connectivity index (χ1n) is 6.71. The van der Waals surface area contributed by atoms with Crippen LogP contribution < -0.4 is 0 Å². The fraction of sp³-hybridized carbons (Fsp3) is 0.278. The van der Waals surface area contributed by atoms with E-state index in [0.29, 0.717) is 5.56 Å². The van der Waals surface area contributed by atoms with Gasteiger partial charge < -0.3 is 0 Å². The summed E-state index contributed by atoms with van der Waals surface area (Å²) in [6, 6.07) is 5.74. The van der Waals surface area contributed by atoms with Crippen molar-refractivity contribution >= 4 is 5.78 Å². The number of ketones is 1. The van der Waals surface area contributed by atoms with Gasteiger partial charge in [0.1, 0.15) is 5.82 Å². The molecule has 0 spiro atoms. The standard InChI is InChI=1S/C18H19FO/c1-10-11(2)13(4)17(14(5)12(10)3)18(20)15-6-8-16(19)9-7-15/h6-9H,1-5H3. The maximum atomic E-state index is 13.0. The summed E-state index contributed by atoms with van der Waals surface area (Å²) in [4.78, 5) is 12.7. The lowest BCUT2D eigenvalue weighted by Crippen LogP contribution is -2.10. The summed E-state index contributed by atoms with van der Waals surface area (Å²) in [5.41, 5.74) is 6.84. The Labute approximate surface area is 119 Å². The second-order valence-corrected chi connectivity index (χ2v) is 5.34. The van der Waals surface area contributed by atoms with Crippen molar-refractivity contribution in [2.24, 2.45) is 0 Å². The van der Waals surface area contributed by atoms with E-state index in [-0.39, 0.29) is 11.6 Å². The van der Waals surface area contributed by atoms with Crippen LogP contribution in [-0.4, -0.2) is 5.78 Å². The molecule has 0 aromatic heterocycles. The van der Waals surface area contributed by atoms with E-state index in [9.17, 15) is 9.18 Å². The molecule has 1 nitrogen and oxygen atoms in total. The monoisotopic (exact) mass is 270 g/mol. The maximum absolute atomic E-state index is 13.0. The molecular weight excluding hydrogens is 251 g/mol. The van der Waals surface area contributed by atoms with Gasteiger partial charge in [0.25, 0.3) is 0 Å². The quantitative estimate of drug-likeness (QED) is 0.729. The van der Waals surface area contributed by atoms with E-state index in [2.05, 4.69) is 6.92 Å². The summed E-state index contributed by atoms with van der Waals surface area (Å²) in [7, 11) is 0. The Balaban J connectivity index is 2.64. The third-order valence-corrected chi connectivity index (χ3v) is 4.33.